The van der Waals surface area contributed by atoms with E-state index in [9.17, 15) is 4.79 Å². The lowest BCUT2D eigenvalue weighted by atomic mass is 9.96. The molecule has 3 N–H and O–H groups in total. The first-order valence-electron chi connectivity index (χ1n) is 11.4. The van der Waals surface area contributed by atoms with Gasteiger partial charge in [-0.25, -0.2) is 15.0 Å². The predicted octanol–water partition coefficient (Wildman–Crippen LogP) is 2.11. The van der Waals surface area contributed by atoms with E-state index in [0.717, 1.165) is 47.6 Å². The normalized spacial score (nSPS) is 14.3. The Morgan fingerprint density at radius 3 is 2.50 bits per heavy atom. The van der Waals surface area contributed by atoms with Crippen LogP contribution in [0, 0.1) is 0 Å². The number of aliphatic hydroxyl groups is 1. The fourth-order valence-corrected chi connectivity index (χ4v) is 4.27. The Hall–Kier alpha value is -3.56. The maximum absolute atomic E-state index is 13.2. The lowest BCUT2D eigenvalue weighted by Gasteiger charge is -2.34. The van der Waals surface area contributed by atoms with Gasteiger partial charge in [-0.15, -0.1) is 0 Å². The van der Waals surface area contributed by atoms with Crippen molar-refractivity contribution in [3.8, 4) is 28.1 Å². The number of benzene rings is 1. The molecule has 0 spiro atoms. The summed E-state index contributed by atoms with van der Waals surface area (Å²) in [5, 5.41) is 9.14. The Kier molecular flexibility index (Phi) is 7.34. The molecule has 0 saturated carbocycles. The number of amides is 1. The molecule has 0 atom stereocenters. The lowest BCUT2D eigenvalue weighted by molar-refractivity contribution is 0.0612. The van der Waals surface area contributed by atoms with Crippen LogP contribution in [0.5, 0.6) is 5.75 Å². The number of aryl methyl sites for hydroxylation is 1. The number of ether oxygens (including phenoxy) is 1. The molecule has 1 fully saturated rings. The van der Waals surface area contributed by atoms with Crippen molar-refractivity contribution in [3.63, 3.8) is 0 Å². The van der Waals surface area contributed by atoms with Gasteiger partial charge in [-0.3, -0.25) is 9.69 Å². The van der Waals surface area contributed by atoms with Gasteiger partial charge in [0.2, 0.25) is 0 Å². The molecular formula is C25H30N6O3. The zero-order valence-electron chi connectivity index (χ0n) is 19.6. The van der Waals surface area contributed by atoms with Crippen LogP contribution in [-0.4, -0.2) is 82.2 Å². The van der Waals surface area contributed by atoms with Crippen molar-refractivity contribution in [1.29, 1.82) is 0 Å². The average Bonchev–Trinajstić information content (AvgIpc) is 2.88. The van der Waals surface area contributed by atoms with Crippen LogP contribution >= 0.6 is 0 Å². The zero-order chi connectivity index (χ0) is 24.1. The van der Waals surface area contributed by atoms with Crippen molar-refractivity contribution in [2.45, 2.75) is 13.3 Å². The number of β-amino-alcohol motifs (C(OH)–C–C–N with tert-alkyl or cyclic N) is 1. The summed E-state index contributed by atoms with van der Waals surface area (Å²) in [6, 6.07) is 9.22. The van der Waals surface area contributed by atoms with Crippen LogP contribution in [0.1, 0.15) is 23.0 Å². The summed E-state index contributed by atoms with van der Waals surface area (Å²) in [6.45, 7) is 5.51. The number of aromatic nitrogens is 3. The monoisotopic (exact) mass is 462 g/mol. The van der Waals surface area contributed by atoms with Crippen LogP contribution in [0.4, 0.5) is 5.82 Å². The van der Waals surface area contributed by atoms with Crippen molar-refractivity contribution in [2.75, 3.05) is 52.2 Å². The highest BCUT2D eigenvalue weighted by Gasteiger charge is 2.25. The van der Waals surface area contributed by atoms with E-state index in [-0.39, 0.29) is 12.5 Å². The third kappa shape index (κ3) is 4.85. The van der Waals surface area contributed by atoms with Gasteiger partial charge in [-0.1, -0.05) is 13.0 Å². The van der Waals surface area contributed by atoms with Gasteiger partial charge in [-0.05, 0) is 30.7 Å². The van der Waals surface area contributed by atoms with Gasteiger partial charge in [-0.2, -0.15) is 0 Å². The van der Waals surface area contributed by atoms with E-state index in [1.165, 1.54) is 0 Å². The highest BCUT2D eigenvalue weighted by Crippen LogP contribution is 2.35. The largest absolute Gasteiger partial charge is 0.496 e. The van der Waals surface area contributed by atoms with Crippen LogP contribution in [0.25, 0.3) is 22.4 Å². The molecule has 3 heterocycles. The standard InChI is InChI=1S/C25H30N6O3/c1-3-20-23(18-5-7-22(26)27-15-18)24(29-16-28-20)17-4-6-19(21(14-17)34-2)25(33)31-10-8-30(9-11-31)12-13-32/h4-7,14-16,32H,3,8-13H2,1-2H3,(H2,26,27). The van der Waals surface area contributed by atoms with Crippen LogP contribution in [-0.2, 0) is 6.42 Å². The topological polar surface area (TPSA) is 118 Å². The second-order valence-electron chi connectivity index (χ2n) is 8.14. The summed E-state index contributed by atoms with van der Waals surface area (Å²) in [5.41, 5.74) is 10.5. The van der Waals surface area contributed by atoms with Gasteiger partial charge >= 0.3 is 0 Å². The molecule has 1 aliphatic rings. The number of aliphatic hydroxyl groups excluding tert-OH is 1. The van der Waals surface area contributed by atoms with Crippen LogP contribution in [0.3, 0.4) is 0 Å². The number of anilines is 1. The van der Waals surface area contributed by atoms with Crippen LogP contribution < -0.4 is 10.5 Å². The molecule has 2 aromatic heterocycles. The molecular weight excluding hydrogens is 432 g/mol. The number of carbonyl (C=O) groups is 1. The number of pyridine rings is 1. The predicted molar refractivity (Wildman–Crippen MR) is 130 cm³/mol. The number of hydrogen-bond donors (Lipinski definition) is 2. The molecule has 0 bridgehead atoms. The number of carbonyl (C=O) groups excluding carboxylic acids is 1. The third-order valence-corrected chi connectivity index (χ3v) is 6.12. The van der Waals surface area contributed by atoms with Crippen LogP contribution in [0.2, 0.25) is 0 Å². The molecule has 0 radical (unpaired) electrons. The molecule has 1 aliphatic heterocycles. The van der Waals surface area contributed by atoms with Gasteiger partial charge in [0.25, 0.3) is 5.91 Å². The Labute approximate surface area is 199 Å². The van der Waals surface area contributed by atoms with Gasteiger partial charge in [0.1, 0.15) is 17.9 Å². The average molecular weight is 463 g/mol. The Morgan fingerprint density at radius 1 is 1.09 bits per heavy atom. The van der Waals surface area contributed by atoms with E-state index >= 15 is 0 Å². The van der Waals surface area contributed by atoms with Gasteiger partial charge in [0.05, 0.1) is 30.7 Å². The minimum Gasteiger partial charge on any atom is -0.496 e. The quantitative estimate of drug-likeness (QED) is 0.548. The van der Waals surface area contributed by atoms with Crippen molar-refractivity contribution < 1.29 is 14.6 Å². The Morgan fingerprint density at radius 2 is 1.85 bits per heavy atom. The molecule has 9 nitrogen and oxygen atoms in total. The fourth-order valence-electron chi connectivity index (χ4n) is 4.27. The van der Waals surface area contributed by atoms with Crippen molar-refractivity contribution in [3.05, 3.63) is 54.1 Å². The summed E-state index contributed by atoms with van der Waals surface area (Å²) in [7, 11) is 1.57. The summed E-state index contributed by atoms with van der Waals surface area (Å²) in [6.07, 6.45) is 4.01. The smallest absolute Gasteiger partial charge is 0.257 e. The SMILES string of the molecule is CCc1ncnc(-c2ccc(C(=O)N3CCN(CCO)CC3)c(OC)c2)c1-c1ccc(N)nc1. The summed E-state index contributed by atoms with van der Waals surface area (Å²) < 4.78 is 5.63. The van der Waals surface area contributed by atoms with E-state index < -0.39 is 0 Å². The van der Waals surface area contributed by atoms with Crippen molar-refractivity contribution in [2.24, 2.45) is 0 Å². The molecule has 4 rings (SSSR count). The van der Waals surface area contributed by atoms with E-state index in [1.807, 2.05) is 30.0 Å². The maximum Gasteiger partial charge on any atom is 0.257 e. The zero-order valence-corrected chi connectivity index (χ0v) is 19.6. The lowest BCUT2D eigenvalue weighted by Crippen LogP contribution is -2.49. The van der Waals surface area contributed by atoms with E-state index in [4.69, 9.17) is 15.6 Å². The number of nitrogen functional groups attached to an aromatic ring is 1. The van der Waals surface area contributed by atoms with Gasteiger partial charge < -0.3 is 20.5 Å². The number of piperazine rings is 1. The number of rotatable bonds is 7. The minimum absolute atomic E-state index is 0.0630. The summed E-state index contributed by atoms with van der Waals surface area (Å²) in [5.74, 6) is 0.882. The van der Waals surface area contributed by atoms with E-state index in [2.05, 4.69) is 19.9 Å². The molecule has 1 saturated heterocycles. The molecule has 34 heavy (non-hydrogen) atoms. The molecule has 9 heteroatoms. The molecule has 178 valence electrons. The first kappa shape index (κ1) is 23.6. The first-order chi connectivity index (χ1) is 16.5. The fraction of sp³-hybridized carbons (Fsp3) is 0.360. The highest BCUT2D eigenvalue weighted by molar-refractivity contribution is 5.98. The number of hydrogen-bond acceptors (Lipinski definition) is 8. The summed E-state index contributed by atoms with van der Waals surface area (Å²) >= 11 is 0. The maximum atomic E-state index is 13.2. The van der Waals surface area contributed by atoms with Gasteiger partial charge in [0.15, 0.2) is 0 Å². The van der Waals surface area contributed by atoms with E-state index in [1.54, 1.807) is 31.8 Å². The summed E-state index contributed by atoms with van der Waals surface area (Å²) in [4.78, 5) is 30.5. The first-order valence-corrected chi connectivity index (χ1v) is 11.4. The van der Waals surface area contributed by atoms with Crippen molar-refractivity contribution >= 4 is 11.7 Å². The highest BCUT2D eigenvalue weighted by atomic mass is 16.5. The molecule has 0 aliphatic carbocycles. The number of nitrogens with zero attached hydrogens (tertiary/aromatic N) is 5. The number of nitrogens with two attached hydrogens (primary N) is 1. The minimum atomic E-state index is -0.0630. The molecule has 3 aromatic rings. The Bertz CT molecular complexity index is 1140. The van der Waals surface area contributed by atoms with E-state index in [0.29, 0.717) is 36.8 Å². The number of methoxy groups -OCH3 is 1. The third-order valence-electron chi connectivity index (χ3n) is 6.12. The molecule has 1 aromatic carbocycles. The van der Waals surface area contributed by atoms with Gasteiger partial charge in [0, 0.05) is 55.6 Å². The molecule has 0 unspecified atom stereocenters. The molecule has 1 amide bonds. The van der Waals surface area contributed by atoms with Crippen molar-refractivity contribution in [1.82, 2.24) is 24.8 Å². The Balaban J connectivity index is 1.67. The van der Waals surface area contributed by atoms with Crippen LogP contribution in [0.15, 0.2) is 42.9 Å². The second-order valence-corrected chi connectivity index (χ2v) is 8.14. The second kappa shape index (κ2) is 10.6.